The summed E-state index contributed by atoms with van der Waals surface area (Å²) in [4.78, 5) is 0. The molecule has 1 aliphatic heterocycles. The van der Waals surface area contributed by atoms with Crippen LogP contribution < -0.4 is 5.73 Å². The van der Waals surface area contributed by atoms with Gasteiger partial charge >= 0.3 is 0 Å². The number of hydrogen-bond donors (Lipinski definition) is 1. The first-order valence-electron chi connectivity index (χ1n) is 5.85. The summed E-state index contributed by atoms with van der Waals surface area (Å²) >= 11 is 6.22. The van der Waals surface area contributed by atoms with Crippen molar-refractivity contribution in [2.45, 2.75) is 18.8 Å². The van der Waals surface area contributed by atoms with Crippen molar-refractivity contribution in [3.63, 3.8) is 0 Å². The second kappa shape index (κ2) is 5.67. The van der Waals surface area contributed by atoms with Crippen molar-refractivity contribution >= 4 is 11.6 Å². The van der Waals surface area contributed by atoms with Crippen LogP contribution in [0.3, 0.4) is 0 Å². The van der Waals surface area contributed by atoms with Crippen LogP contribution in [0.4, 0.5) is 0 Å². The zero-order valence-corrected chi connectivity index (χ0v) is 10.1. The number of hydrogen-bond acceptors (Lipinski definition) is 2. The number of halogens is 1. The maximum Gasteiger partial charge on any atom is 0.0500 e. The lowest BCUT2D eigenvalue weighted by Crippen LogP contribution is -2.28. The zero-order chi connectivity index (χ0) is 11.4. The van der Waals surface area contributed by atoms with E-state index in [4.69, 9.17) is 22.1 Å². The highest BCUT2D eigenvalue weighted by molar-refractivity contribution is 6.31. The monoisotopic (exact) mass is 239 g/mol. The molecule has 0 saturated carbocycles. The highest BCUT2D eigenvalue weighted by Crippen LogP contribution is 2.33. The standard InChI is InChI=1S/C13H18ClNO/c14-13-6-2-1-5-11(13)12(8-15)10-4-3-7-16-9-10/h1-2,5-6,10,12H,3-4,7-9,15H2. The smallest absolute Gasteiger partial charge is 0.0500 e. The van der Waals surface area contributed by atoms with E-state index in [1.807, 2.05) is 18.2 Å². The van der Waals surface area contributed by atoms with E-state index in [1.165, 1.54) is 12.0 Å². The minimum absolute atomic E-state index is 0.328. The molecule has 1 heterocycles. The SMILES string of the molecule is NCC(c1ccccc1Cl)C1CCCOC1. The number of benzene rings is 1. The van der Waals surface area contributed by atoms with Gasteiger partial charge in [-0.05, 0) is 36.9 Å². The Morgan fingerprint density at radius 2 is 2.25 bits per heavy atom. The molecule has 1 aromatic carbocycles. The van der Waals surface area contributed by atoms with Crippen molar-refractivity contribution in [2.24, 2.45) is 11.7 Å². The Morgan fingerprint density at radius 1 is 1.44 bits per heavy atom. The van der Waals surface area contributed by atoms with Gasteiger partial charge in [0, 0.05) is 17.5 Å². The van der Waals surface area contributed by atoms with Gasteiger partial charge in [-0.3, -0.25) is 0 Å². The fraction of sp³-hybridized carbons (Fsp3) is 0.538. The normalized spacial score (nSPS) is 23.0. The van der Waals surface area contributed by atoms with E-state index in [9.17, 15) is 0 Å². The molecule has 0 aliphatic carbocycles. The minimum atomic E-state index is 0.328. The molecule has 2 unspecified atom stereocenters. The molecule has 2 N–H and O–H groups in total. The number of ether oxygens (including phenoxy) is 1. The molecular formula is C13H18ClNO. The van der Waals surface area contributed by atoms with Crippen LogP contribution >= 0.6 is 11.6 Å². The van der Waals surface area contributed by atoms with Crippen molar-refractivity contribution in [1.82, 2.24) is 0 Å². The Hall–Kier alpha value is -0.570. The Balaban J connectivity index is 2.18. The molecule has 1 aromatic rings. The topological polar surface area (TPSA) is 35.2 Å². The van der Waals surface area contributed by atoms with E-state index < -0.39 is 0 Å². The fourth-order valence-corrected chi connectivity index (χ4v) is 2.71. The summed E-state index contributed by atoms with van der Waals surface area (Å²) in [6.07, 6.45) is 2.32. The quantitative estimate of drug-likeness (QED) is 0.881. The number of rotatable bonds is 3. The minimum Gasteiger partial charge on any atom is -0.381 e. The summed E-state index contributed by atoms with van der Waals surface area (Å²) in [5, 5.41) is 0.823. The Bertz CT molecular complexity index is 336. The zero-order valence-electron chi connectivity index (χ0n) is 9.36. The molecule has 0 aromatic heterocycles. The molecule has 2 atom stereocenters. The van der Waals surface area contributed by atoms with Crippen LogP contribution in [-0.4, -0.2) is 19.8 Å². The maximum atomic E-state index is 6.22. The predicted octanol–water partition coefficient (Wildman–Crippen LogP) is 2.81. The van der Waals surface area contributed by atoms with E-state index >= 15 is 0 Å². The lowest BCUT2D eigenvalue weighted by Gasteiger charge is -2.30. The van der Waals surface area contributed by atoms with Crippen molar-refractivity contribution in [3.8, 4) is 0 Å². The average molecular weight is 240 g/mol. The largest absolute Gasteiger partial charge is 0.381 e. The van der Waals surface area contributed by atoms with Crippen molar-refractivity contribution < 1.29 is 4.74 Å². The van der Waals surface area contributed by atoms with Gasteiger partial charge in [0.2, 0.25) is 0 Å². The third kappa shape index (κ3) is 2.57. The maximum absolute atomic E-state index is 6.22. The third-order valence-electron chi connectivity index (χ3n) is 3.32. The highest BCUT2D eigenvalue weighted by atomic mass is 35.5. The molecule has 16 heavy (non-hydrogen) atoms. The first-order chi connectivity index (χ1) is 7.83. The summed E-state index contributed by atoms with van der Waals surface area (Å²) in [5.41, 5.74) is 7.06. The lowest BCUT2D eigenvalue weighted by atomic mass is 9.83. The second-order valence-electron chi connectivity index (χ2n) is 4.34. The van der Waals surface area contributed by atoms with Crippen molar-refractivity contribution in [3.05, 3.63) is 34.9 Å². The van der Waals surface area contributed by atoms with E-state index in [0.717, 1.165) is 24.7 Å². The van der Waals surface area contributed by atoms with Gasteiger partial charge in [-0.15, -0.1) is 0 Å². The van der Waals surface area contributed by atoms with E-state index in [-0.39, 0.29) is 0 Å². The summed E-state index contributed by atoms with van der Waals surface area (Å²) in [7, 11) is 0. The van der Waals surface area contributed by atoms with E-state index in [1.54, 1.807) is 0 Å². The average Bonchev–Trinajstić information content (AvgIpc) is 2.34. The van der Waals surface area contributed by atoms with Crippen LogP contribution in [0.15, 0.2) is 24.3 Å². The van der Waals surface area contributed by atoms with Gasteiger partial charge in [0.15, 0.2) is 0 Å². The molecule has 2 nitrogen and oxygen atoms in total. The van der Waals surface area contributed by atoms with E-state index in [0.29, 0.717) is 18.4 Å². The molecule has 1 saturated heterocycles. The molecular weight excluding hydrogens is 222 g/mol. The lowest BCUT2D eigenvalue weighted by molar-refractivity contribution is 0.0450. The van der Waals surface area contributed by atoms with E-state index in [2.05, 4.69) is 6.07 Å². The second-order valence-corrected chi connectivity index (χ2v) is 4.75. The summed E-state index contributed by atoms with van der Waals surface area (Å²) in [6.45, 7) is 2.33. The molecule has 2 rings (SSSR count). The molecule has 1 fully saturated rings. The molecule has 0 bridgehead atoms. The molecule has 0 amide bonds. The number of nitrogens with two attached hydrogens (primary N) is 1. The van der Waals surface area contributed by atoms with Crippen LogP contribution in [0.1, 0.15) is 24.3 Å². The van der Waals surface area contributed by atoms with Gasteiger partial charge in [-0.25, -0.2) is 0 Å². The molecule has 0 spiro atoms. The molecule has 88 valence electrons. The molecule has 3 heteroatoms. The predicted molar refractivity (Wildman–Crippen MR) is 66.8 cm³/mol. The third-order valence-corrected chi connectivity index (χ3v) is 3.67. The Kier molecular flexibility index (Phi) is 4.22. The first-order valence-corrected chi connectivity index (χ1v) is 6.23. The molecule has 0 radical (unpaired) electrons. The highest BCUT2D eigenvalue weighted by Gasteiger charge is 2.25. The van der Waals surface area contributed by atoms with Gasteiger partial charge in [-0.1, -0.05) is 29.8 Å². The van der Waals surface area contributed by atoms with Crippen LogP contribution in [0.2, 0.25) is 5.02 Å². The Morgan fingerprint density at radius 3 is 2.88 bits per heavy atom. The van der Waals surface area contributed by atoms with Crippen LogP contribution in [0.25, 0.3) is 0 Å². The van der Waals surface area contributed by atoms with Gasteiger partial charge in [0.25, 0.3) is 0 Å². The van der Waals surface area contributed by atoms with Gasteiger partial charge < -0.3 is 10.5 Å². The van der Waals surface area contributed by atoms with Crippen LogP contribution in [0, 0.1) is 5.92 Å². The first kappa shape index (κ1) is 11.9. The summed E-state index contributed by atoms with van der Waals surface area (Å²) in [5.74, 6) is 0.840. The molecule has 1 aliphatic rings. The van der Waals surface area contributed by atoms with Crippen molar-refractivity contribution in [2.75, 3.05) is 19.8 Å². The van der Waals surface area contributed by atoms with Crippen LogP contribution in [-0.2, 0) is 4.74 Å². The fourth-order valence-electron chi connectivity index (χ4n) is 2.43. The Labute approximate surface area is 102 Å². The van der Waals surface area contributed by atoms with Gasteiger partial charge in [0.1, 0.15) is 0 Å². The summed E-state index contributed by atoms with van der Waals surface area (Å²) in [6, 6.07) is 7.99. The van der Waals surface area contributed by atoms with Gasteiger partial charge in [0.05, 0.1) is 6.61 Å². The van der Waals surface area contributed by atoms with Gasteiger partial charge in [-0.2, -0.15) is 0 Å². The summed E-state index contributed by atoms with van der Waals surface area (Å²) < 4.78 is 5.53. The van der Waals surface area contributed by atoms with Crippen LogP contribution in [0.5, 0.6) is 0 Å². The van der Waals surface area contributed by atoms with Crippen molar-refractivity contribution in [1.29, 1.82) is 0 Å².